The summed E-state index contributed by atoms with van der Waals surface area (Å²) < 4.78 is 5.79. The summed E-state index contributed by atoms with van der Waals surface area (Å²) >= 11 is 0. The van der Waals surface area contributed by atoms with E-state index >= 15 is 0 Å². The van der Waals surface area contributed by atoms with Crippen LogP contribution in [0.2, 0.25) is 0 Å². The van der Waals surface area contributed by atoms with E-state index in [-0.39, 0.29) is 12.1 Å². The largest absolute Gasteiger partial charge is 0.491 e. The van der Waals surface area contributed by atoms with Crippen molar-refractivity contribution in [2.75, 3.05) is 37.7 Å². The highest BCUT2D eigenvalue weighted by molar-refractivity contribution is 5.58. The number of nitrogens with one attached hydrogen (secondary N) is 1. The normalized spacial score (nSPS) is 17.6. The molecule has 0 saturated heterocycles. The number of rotatable bonds is 7. The molecule has 0 spiro atoms. The molecule has 0 saturated carbocycles. The molecule has 1 aromatic carbocycles. The van der Waals surface area contributed by atoms with Gasteiger partial charge in [-0.2, -0.15) is 0 Å². The number of aliphatic hydroxyl groups is 1. The van der Waals surface area contributed by atoms with Gasteiger partial charge < -0.3 is 20.1 Å². The maximum absolute atomic E-state index is 9.56. The second-order valence-corrected chi connectivity index (χ2v) is 6.01. The highest BCUT2D eigenvalue weighted by Crippen LogP contribution is 2.30. The summed E-state index contributed by atoms with van der Waals surface area (Å²) in [6.07, 6.45) is 3.08. The Kier molecular flexibility index (Phi) is 5.88. The zero-order chi connectivity index (χ0) is 15.1. The molecule has 0 aliphatic carbocycles. The molecule has 4 heteroatoms. The fourth-order valence-corrected chi connectivity index (χ4v) is 2.94. The van der Waals surface area contributed by atoms with Crippen LogP contribution < -0.4 is 15.0 Å². The van der Waals surface area contributed by atoms with Crippen LogP contribution in [0.25, 0.3) is 0 Å². The minimum Gasteiger partial charge on any atom is -0.491 e. The molecule has 1 heterocycles. The topological polar surface area (TPSA) is 44.7 Å². The molecule has 0 bridgehead atoms. The Morgan fingerprint density at radius 3 is 2.95 bits per heavy atom. The summed E-state index contributed by atoms with van der Waals surface area (Å²) in [6, 6.07) is 8.27. The van der Waals surface area contributed by atoms with E-state index in [4.69, 9.17) is 4.74 Å². The first-order chi connectivity index (χ1) is 10.2. The van der Waals surface area contributed by atoms with Crippen molar-refractivity contribution in [2.45, 2.75) is 38.6 Å². The molecule has 2 rings (SSSR count). The van der Waals surface area contributed by atoms with Gasteiger partial charge >= 0.3 is 0 Å². The van der Waals surface area contributed by atoms with E-state index in [1.165, 1.54) is 5.69 Å². The third-order valence-corrected chi connectivity index (χ3v) is 4.14. The molecule has 2 N–H and O–H groups in total. The molecule has 21 heavy (non-hydrogen) atoms. The van der Waals surface area contributed by atoms with Crippen molar-refractivity contribution in [2.24, 2.45) is 0 Å². The molecular formula is C17H28N2O2. The van der Waals surface area contributed by atoms with E-state index in [1.54, 1.807) is 0 Å². The molecule has 1 aliphatic rings. The van der Waals surface area contributed by atoms with E-state index in [0.29, 0.717) is 0 Å². The van der Waals surface area contributed by atoms with E-state index in [0.717, 1.165) is 51.3 Å². The third-order valence-electron chi connectivity index (χ3n) is 4.14. The number of aliphatic hydroxyl groups excluding tert-OH is 1. The fraction of sp³-hybridized carbons (Fsp3) is 0.647. The molecule has 0 fully saturated rings. The third kappa shape index (κ3) is 4.35. The van der Waals surface area contributed by atoms with Crippen molar-refractivity contribution in [3.05, 3.63) is 24.3 Å². The van der Waals surface area contributed by atoms with Crippen LogP contribution in [0.5, 0.6) is 5.75 Å². The summed E-state index contributed by atoms with van der Waals surface area (Å²) in [7, 11) is 0. The van der Waals surface area contributed by atoms with Crippen LogP contribution in [-0.4, -0.2) is 43.5 Å². The Morgan fingerprint density at radius 1 is 1.38 bits per heavy atom. The van der Waals surface area contributed by atoms with Crippen LogP contribution in [0.15, 0.2) is 24.3 Å². The van der Waals surface area contributed by atoms with Crippen molar-refractivity contribution in [1.82, 2.24) is 5.32 Å². The Hall–Kier alpha value is -1.26. The number of para-hydroxylation sites is 2. The number of nitrogens with zero attached hydrogens (tertiary/aromatic N) is 1. The summed E-state index contributed by atoms with van der Waals surface area (Å²) in [5.74, 6) is 0.992. The van der Waals surface area contributed by atoms with Crippen LogP contribution in [0.4, 0.5) is 5.69 Å². The van der Waals surface area contributed by atoms with Gasteiger partial charge in [-0.3, -0.25) is 0 Å². The van der Waals surface area contributed by atoms with E-state index < -0.39 is 0 Å². The average molecular weight is 292 g/mol. The second kappa shape index (κ2) is 7.66. The zero-order valence-corrected chi connectivity index (χ0v) is 13.3. The maximum atomic E-state index is 9.56. The van der Waals surface area contributed by atoms with Crippen LogP contribution in [0.3, 0.4) is 0 Å². The van der Waals surface area contributed by atoms with Crippen molar-refractivity contribution < 1.29 is 9.84 Å². The molecule has 1 aliphatic heterocycles. The average Bonchev–Trinajstić information content (AvgIpc) is 2.70. The molecule has 1 atom stereocenters. The lowest BCUT2D eigenvalue weighted by molar-refractivity contribution is 0.166. The first-order valence-electron chi connectivity index (χ1n) is 8.01. The predicted molar refractivity (Wildman–Crippen MR) is 87.2 cm³/mol. The Labute approximate surface area is 128 Å². The van der Waals surface area contributed by atoms with Crippen LogP contribution in [0, 0.1) is 0 Å². The molecule has 0 radical (unpaired) electrons. The smallest absolute Gasteiger partial charge is 0.142 e. The van der Waals surface area contributed by atoms with Crippen molar-refractivity contribution in [3.63, 3.8) is 0 Å². The van der Waals surface area contributed by atoms with Crippen molar-refractivity contribution in [1.29, 1.82) is 0 Å². The predicted octanol–water partition coefficient (Wildman–Crippen LogP) is 2.42. The molecule has 1 unspecified atom stereocenters. The Balaban J connectivity index is 1.94. The molecule has 1 aromatic rings. The van der Waals surface area contributed by atoms with Gasteiger partial charge in [0, 0.05) is 18.6 Å². The number of hydrogen-bond acceptors (Lipinski definition) is 4. The van der Waals surface area contributed by atoms with Crippen molar-refractivity contribution >= 4 is 5.69 Å². The molecule has 0 aromatic heterocycles. The lowest BCUT2D eigenvalue weighted by Gasteiger charge is -2.30. The highest BCUT2D eigenvalue weighted by atomic mass is 16.5. The number of benzene rings is 1. The first kappa shape index (κ1) is 16.1. The van der Waals surface area contributed by atoms with E-state index in [2.05, 4.69) is 36.2 Å². The number of likely N-dealkylation sites (N-methyl/N-ethyl adjacent to an activating group) is 1. The second-order valence-electron chi connectivity index (χ2n) is 6.01. The summed E-state index contributed by atoms with van der Waals surface area (Å²) in [6.45, 7) is 8.07. The van der Waals surface area contributed by atoms with Gasteiger partial charge in [0.05, 0.1) is 18.9 Å². The van der Waals surface area contributed by atoms with Gasteiger partial charge in [0.1, 0.15) is 5.75 Å². The van der Waals surface area contributed by atoms with Crippen LogP contribution in [-0.2, 0) is 0 Å². The minimum absolute atomic E-state index is 0.170. The zero-order valence-electron chi connectivity index (χ0n) is 13.3. The number of fused-ring (bicyclic) bond motifs is 1. The summed E-state index contributed by atoms with van der Waals surface area (Å²) in [5.41, 5.74) is 1.03. The van der Waals surface area contributed by atoms with Gasteiger partial charge in [0.25, 0.3) is 0 Å². The maximum Gasteiger partial charge on any atom is 0.142 e. The molecular weight excluding hydrogens is 264 g/mol. The van der Waals surface area contributed by atoms with Gasteiger partial charge in [0.15, 0.2) is 0 Å². The van der Waals surface area contributed by atoms with Gasteiger partial charge in [0.2, 0.25) is 0 Å². The standard InChI is InChI=1S/C17H28N2O2/c1-3-18-17(2,14-20)10-6-11-19-12-7-13-21-16-9-5-4-8-15(16)19/h4-5,8-9,18,20H,3,6-7,10-14H2,1-2H3. The van der Waals surface area contributed by atoms with E-state index in [1.807, 2.05) is 12.1 Å². The van der Waals surface area contributed by atoms with Gasteiger partial charge in [-0.25, -0.2) is 0 Å². The van der Waals surface area contributed by atoms with Crippen LogP contribution >= 0.6 is 0 Å². The SMILES string of the molecule is CCNC(C)(CO)CCCN1CCCOc2ccccc21. The molecule has 4 nitrogen and oxygen atoms in total. The summed E-state index contributed by atoms with van der Waals surface area (Å²) in [5, 5.41) is 12.9. The first-order valence-corrected chi connectivity index (χ1v) is 8.01. The van der Waals surface area contributed by atoms with E-state index in [9.17, 15) is 5.11 Å². The number of ether oxygens (including phenoxy) is 1. The molecule has 118 valence electrons. The Morgan fingerprint density at radius 2 is 2.19 bits per heavy atom. The Bertz CT molecular complexity index is 439. The summed E-state index contributed by atoms with van der Waals surface area (Å²) in [4.78, 5) is 2.41. The van der Waals surface area contributed by atoms with Gasteiger partial charge in [-0.15, -0.1) is 0 Å². The fourth-order valence-electron chi connectivity index (χ4n) is 2.94. The quantitative estimate of drug-likeness (QED) is 0.810. The number of anilines is 1. The highest BCUT2D eigenvalue weighted by Gasteiger charge is 2.22. The van der Waals surface area contributed by atoms with Gasteiger partial charge in [-0.05, 0) is 44.9 Å². The van der Waals surface area contributed by atoms with Gasteiger partial charge in [-0.1, -0.05) is 19.1 Å². The van der Waals surface area contributed by atoms with Crippen LogP contribution in [0.1, 0.15) is 33.1 Å². The minimum atomic E-state index is -0.170. The lowest BCUT2D eigenvalue weighted by atomic mass is 9.96. The van der Waals surface area contributed by atoms with Crippen molar-refractivity contribution in [3.8, 4) is 5.75 Å². The lowest BCUT2D eigenvalue weighted by Crippen LogP contribution is -2.46. The number of hydrogen-bond donors (Lipinski definition) is 2. The monoisotopic (exact) mass is 292 g/mol. The molecule has 0 amide bonds.